The number of hydrogen-bond acceptors (Lipinski definition) is 5. The van der Waals surface area contributed by atoms with Gasteiger partial charge in [-0.3, -0.25) is 9.48 Å². The van der Waals surface area contributed by atoms with Crippen molar-refractivity contribution in [2.24, 2.45) is 7.05 Å². The summed E-state index contributed by atoms with van der Waals surface area (Å²) >= 11 is 1.19. The third-order valence-electron chi connectivity index (χ3n) is 4.28. The summed E-state index contributed by atoms with van der Waals surface area (Å²) in [5, 5.41) is 6.46. The van der Waals surface area contributed by atoms with E-state index in [4.69, 9.17) is 4.42 Å². The number of nitrogens with one attached hydrogen (secondary N) is 1. The summed E-state index contributed by atoms with van der Waals surface area (Å²) in [5.74, 6) is -2.26. The van der Waals surface area contributed by atoms with E-state index >= 15 is 0 Å². The Kier molecular flexibility index (Phi) is 5.68. The second kappa shape index (κ2) is 8.42. The Morgan fingerprint density at radius 1 is 1.19 bits per heavy atom. The number of fused-ring (bicyclic) bond motifs is 1. The Morgan fingerprint density at radius 3 is 2.74 bits per heavy atom. The van der Waals surface area contributed by atoms with Gasteiger partial charge in [0.2, 0.25) is 0 Å². The van der Waals surface area contributed by atoms with Gasteiger partial charge < -0.3 is 9.73 Å². The van der Waals surface area contributed by atoms with E-state index in [9.17, 15) is 22.4 Å². The number of hydrogen-bond donors (Lipinski definition) is 1. The third-order valence-corrected chi connectivity index (χ3v) is 5.18. The first-order valence-corrected chi connectivity index (χ1v) is 9.89. The zero-order chi connectivity index (χ0) is 22.1. The zero-order valence-corrected chi connectivity index (χ0v) is 16.7. The van der Waals surface area contributed by atoms with Crippen LogP contribution in [-0.4, -0.2) is 20.7 Å². The molecule has 0 aliphatic rings. The number of carbonyl (C=O) groups is 1. The number of amides is 1. The van der Waals surface area contributed by atoms with Gasteiger partial charge in [0, 0.05) is 24.7 Å². The summed E-state index contributed by atoms with van der Waals surface area (Å²) in [6.07, 6.45) is -1.66. The lowest BCUT2D eigenvalue weighted by Crippen LogP contribution is -2.13. The highest BCUT2D eigenvalue weighted by molar-refractivity contribution is 7.98. The molecule has 160 valence electrons. The van der Waals surface area contributed by atoms with Gasteiger partial charge in [-0.05, 0) is 35.9 Å². The molecule has 0 saturated heterocycles. The van der Waals surface area contributed by atoms with Crippen molar-refractivity contribution in [3.63, 3.8) is 0 Å². The van der Waals surface area contributed by atoms with Crippen molar-refractivity contribution in [3.05, 3.63) is 71.1 Å². The number of alkyl halides is 2. The SMILES string of the molecule is Cn1cc(C(=O)Nc2ccc3oc(SCc4ccc(F)c(F)c4)nc3c2)c(C(F)F)n1. The fourth-order valence-corrected chi connectivity index (χ4v) is 3.64. The highest BCUT2D eigenvalue weighted by Crippen LogP contribution is 2.29. The summed E-state index contributed by atoms with van der Waals surface area (Å²) in [6.45, 7) is 0. The Morgan fingerprint density at radius 2 is 2.00 bits per heavy atom. The normalized spacial score (nSPS) is 11.4. The topological polar surface area (TPSA) is 73.0 Å². The maximum Gasteiger partial charge on any atom is 0.282 e. The van der Waals surface area contributed by atoms with Crippen molar-refractivity contribution in [2.75, 3.05) is 5.32 Å². The van der Waals surface area contributed by atoms with Crippen LogP contribution in [0.15, 0.2) is 52.2 Å². The molecule has 0 atom stereocenters. The van der Waals surface area contributed by atoms with E-state index < -0.39 is 29.7 Å². The molecule has 2 aromatic carbocycles. The molecular weight excluding hydrogens is 436 g/mol. The minimum Gasteiger partial charge on any atom is -0.431 e. The average Bonchev–Trinajstić information content (AvgIpc) is 3.31. The molecule has 0 bridgehead atoms. The van der Waals surface area contributed by atoms with Crippen molar-refractivity contribution in [3.8, 4) is 0 Å². The van der Waals surface area contributed by atoms with Gasteiger partial charge in [-0.15, -0.1) is 0 Å². The monoisotopic (exact) mass is 450 g/mol. The van der Waals surface area contributed by atoms with Crippen LogP contribution in [0, 0.1) is 11.6 Å². The van der Waals surface area contributed by atoms with Gasteiger partial charge in [0.1, 0.15) is 11.2 Å². The molecule has 2 aromatic heterocycles. The molecule has 2 heterocycles. The molecule has 31 heavy (non-hydrogen) atoms. The van der Waals surface area contributed by atoms with Crippen LogP contribution in [0.4, 0.5) is 23.2 Å². The lowest BCUT2D eigenvalue weighted by atomic mass is 10.2. The molecule has 0 saturated carbocycles. The summed E-state index contributed by atoms with van der Waals surface area (Å²) in [5.41, 5.74) is 0.961. The van der Waals surface area contributed by atoms with Crippen LogP contribution < -0.4 is 5.32 Å². The predicted molar refractivity (Wildman–Crippen MR) is 106 cm³/mol. The number of carbonyl (C=O) groups excluding carboxylic acids is 1. The summed E-state index contributed by atoms with van der Waals surface area (Å²) in [6, 6.07) is 8.29. The lowest BCUT2D eigenvalue weighted by molar-refractivity contribution is 0.101. The van der Waals surface area contributed by atoms with E-state index in [0.29, 0.717) is 33.3 Å². The van der Waals surface area contributed by atoms with Gasteiger partial charge >= 0.3 is 0 Å². The van der Waals surface area contributed by atoms with Crippen LogP contribution in [0.3, 0.4) is 0 Å². The maximum atomic E-state index is 13.3. The van der Waals surface area contributed by atoms with Gasteiger partial charge in [-0.2, -0.15) is 5.10 Å². The average molecular weight is 450 g/mol. The van der Waals surface area contributed by atoms with Crippen LogP contribution in [0.25, 0.3) is 11.1 Å². The predicted octanol–water partition coefficient (Wildman–Crippen LogP) is 5.32. The van der Waals surface area contributed by atoms with Gasteiger partial charge in [0.25, 0.3) is 17.6 Å². The first-order valence-electron chi connectivity index (χ1n) is 8.90. The maximum absolute atomic E-state index is 13.3. The zero-order valence-electron chi connectivity index (χ0n) is 15.9. The Labute approximate surface area is 177 Å². The van der Waals surface area contributed by atoms with Gasteiger partial charge in [-0.25, -0.2) is 22.5 Å². The van der Waals surface area contributed by atoms with Crippen molar-refractivity contribution in [1.82, 2.24) is 14.8 Å². The Balaban J connectivity index is 1.48. The molecule has 6 nitrogen and oxygen atoms in total. The van der Waals surface area contributed by atoms with E-state index in [1.54, 1.807) is 12.1 Å². The minimum atomic E-state index is -2.88. The number of anilines is 1. The Hall–Kier alpha value is -3.34. The number of benzene rings is 2. The molecule has 1 amide bonds. The molecule has 0 radical (unpaired) electrons. The number of aryl methyl sites for hydroxylation is 1. The van der Waals surface area contributed by atoms with Crippen molar-refractivity contribution >= 4 is 34.5 Å². The second-order valence-corrected chi connectivity index (χ2v) is 7.48. The van der Waals surface area contributed by atoms with Crippen molar-refractivity contribution < 1.29 is 26.8 Å². The van der Waals surface area contributed by atoms with Crippen LogP contribution in [-0.2, 0) is 12.8 Å². The molecule has 4 rings (SSSR count). The second-order valence-electron chi connectivity index (χ2n) is 6.56. The smallest absolute Gasteiger partial charge is 0.282 e. The van der Waals surface area contributed by atoms with Crippen molar-refractivity contribution in [2.45, 2.75) is 17.4 Å². The van der Waals surface area contributed by atoms with E-state index in [-0.39, 0.29) is 5.56 Å². The summed E-state index contributed by atoms with van der Waals surface area (Å²) < 4.78 is 59.2. The van der Waals surface area contributed by atoms with E-state index in [0.717, 1.165) is 16.8 Å². The molecule has 0 aliphatic heterocycles. The first-order chi connectivity index (χ1) is 14.8. The van der Waals surface area contributed by atoms with Crippen LogP contribution in [0.1, 0.15) is 28.0 Å². The molecule has 1 N–H and O–H groups in total. The Bertz CT molecular complexity index is 1270. The quantitative estimate of drug-likeness (QED) is 0.318. The number of nitrogens with zero attached hydrogens (tertiary/aromatic N) is 3. The van der Waals surface area contributed by atoms with E-state index in [2.05, 4.69) is 15.4 Å². The highest BCUT2D eigenvalue weighted by Gasteiger charge is 2.23. The molecule has 0 spiro atoms. The largest absolute Gasteiger partial charge is 0.431 e. The van der Waals surface area contributed by atoms with Gasteiger partial charge in [0.15, 0.2) is 17.2 Å². The van der Waals surface area contributed by atoms with Crippen LogP contribution >= 0.6 is 11.8 Å². The number of aromatic nitrogens is 3. The highest BCUT2D eigenvalue weighted by atomic mass is 32.2. The van der Waals surface area contributed by atoms with E-state index in [1.165, 1.54) is 37.1 Å². The number of oxazole rings is 1. The molecule has 0 aliphatic carbocycles. The molecular formula is C20H14F4N4O2S. The summed E-state index contributed by atoms with van der Waals surface area (Å²) in [7, 11) is 1.45. The summed E-state index contributed by atoms with van der Waals surface area (Å²) in [4.78, 5) is 16.7. The first kappa shape index (κ1) is 20.9. The number of rotatable bonds is 6. The number of thioether (sulfide) groups is 1. The van der Waals surface area contributed by atoms with E-state index in [1.807, 2.05) is 0 Å². The standard InChI is InChI=1S/C20H14F4N4O2S/c1-28-8-12(17(27-28)18(23)24)19(29)25-11-3-5-16-15(7-11)26-20(30-16)31-9-10-2-4-13(21)14(22)6-10/h2-8,18H,9H2,1H3,(H,25,29). The molecule has 11 heteroatoms. The molecule has 0 unspecified atom stereocenters. The van der Waals surface area contributed by atoms with Gasteiger partial charge in [0.05, 0.1) is 5.56 Å². The molecule has 4 aromatic rings. The van der Waals surface area contributed by atoms with Crippen LogP contribution in [0.5, 0.6) is 0 Å². The fourth-order valence-electron chi connectivity index (χ4n) is 2.86. The third kappa shape index (κ3) is 4.55. The molecule has 0 fully saturated rings. The van der Waals surface area contributed by atoms with Crippen LogP contribution in [0.2, 0.25) is 0 Å². The minimum absolute atomic E-state index is 0.222. The lowest BCUT2D eigenvalue weighted by Gasteiger charge is -2.04. The number of halogens is 4. The fraction of sp³-hybridized carbons (Fsp3) is 0.150. The van der Waals surface area contributed by atoms with Crippen molar-refractivity contribution in [1.29, 1.82) is 0 Å². The van der Waals surface area contributed by atoms with Gasteiger partial charge in [-0.1, -0.05) is 17.8 Å².